The maximum atomic E-state index is 12.0. The van der Waals surface area contributed by atoms with Gasteiger partial charge >= 0.3 is 6.09 Å². The molecular weight excluding hydrogens is 737 g/mol. The fourth-order valence-electron chi connectivity index (χ4n) is 2.06. The van der Waals surface area contributed by atoms with E-state index in [1.165, 1.54) is 47.2 Å². The van der Waals surface area contributed by atoms with Crippen LogP contribution >= 0.6 is 94.1 Å². The molecule has 0 bridgehead atoms. The van der Waals surface area contributed by atoms with Crippen molar-refractivity contribution in [2.24, 2.45) is 9.98 Å². The van der Waals surface area contributed by atoms with Crippen LogP contribution < -0.4 is 10.6 Å². The summed E-state index contributed by atoms with van der Waals surface area (Å²) >= 11 is 12.3. The van der Waals surface area contributed by atoms with E-state index >= 15 is 0 Å². The summed E-state index contributed by atoms with van der Waals surface area (Å²) in [7, 11) is -1.11. The molecule has 0 aromatic heterocycles. The highest BCUT2D eigenvalue weighted by molar-refractivity contribution is 8.16. The first-order valence-corrected chi connectivity index (χ1v) is 23.3. The summed E-state index contributed by atoms with van der Waals surface area (Å²) in [5.74, 6) is 7.52. The Morgan fingerprint density at radius 3 is 2.12 bits per heavy atom. The molecule has 0 aliphatic heterocycles. The quantitative estimate of drug-likeness (QED) is 0.0200. The van der Waals surface area contributed by atoms with Crippen LogP contribution in [0.2, 0.25) is 0 Å². The lowest BCUT2D eigenvalue weighted by atomic mass is 10.8. The van der Waals surface area contributed by atoms with Crippen molar-refractivity contribution in [1.82, 2.24) is 10.6 Å². The summed E-state index contributed by atoms with van der Waals surface area (Å²) in [6.07, 6.45) is 0.821. The Balaban J connectivity index is 3.42. The second-order valence-electron chi connectivity index (χ2n) is 7.09. The van der Waals surface area contributed by atoms with Gasteiger partial charge in [0, 0.05) is 56.2 Å². The second kappa shape index (κ2) is 37.2. The third-order valence-corrected chi connectivity index (χ3v) is 13.0. The minimum atomic E-state index is -1.11. The highest BCUT2D eigenvalue weighted by atomic mass is 32.2. The lowest BCUT2D eigenvalue weighted by Gasteiger charge is -2.06. The monoisotopic (exact) mass is 778 g/mol. The predicted molar refractivity (Wildman–Crippen MR) is 198 cm³/mol. The Morgan fingerprint density at radius 2 is 1.40 bits per heavy atom. The number of carbonyl (C=O) groups excluding carboxylic acids is 2. The first-order chi connectivity index (χ1) is 21.1. The molecule has 1 unspecified atom stereocenters. The number of rotatable bonds is 31. The van der Waals surface area contributed by atoms with E-state index in [2.05, 4.69) is 20.6 Å². The first-order valence-electron chi connectivity index (χ1n) is 12.8. The van der Waals surface area contributed by atoms with Gasteiger partial charge < -0.3 is 30.5 Å². The van der Waals surface area contributed by atoms with Crippen LogP contribution in [0.1, 0.15) is 0 Å². The molecule has 21 heteroatoms. The number of carbonyl (C=O) groups is 2. The molecule has 0 saturated carbocycles. The average molecular weight is 779 g/mol. The van der Waals surface area contributed by atoms with Crippen molar-refractivity contribution in [2.45, 2.75) is 0 Å². The van der Waals surface area contributed by atoms with Crippen LogP contribution in [0.5, 0.6) is 0 Å². The molecule has 0 spiro atoms. The van der Waals surface area contributed by atoms with Crippen LogP contribution in [-0.2, 0) is 25.3 Å². The molecule has 0 radical (unpaired) electrons. The Labute approximate surface area is 291 Å². The number of hydrogen-bond acceptors (Lipinski definition) is 18. The Kier molecular flexibility index (Phi) is 37.8. The van der Waals surface area contributed by atoms with Gasteiger partial charge in [0.25, 0.3) is 5.24 Å². The van der Waals surface area contributed by atoms with Gasteiger partial charge in [-0.2, -0.15) is 40.2 Å². The maximum absolute atomic E-state index is 12.0. The van der Waals surface area contributed by atoms with Crippen LogP contribution in [0.15, 0.2) is 9.98 Å². The summed E-state index contributed by atoms with van der Waals surface area (Å²) in [6.45, 7) is 1.03. The number of nitrogens with one attached hydrogen (secondary N) is 2. The molecule has 12 nitrogen and oxygen atoms in total. The van der Waals surface area contributed by atoms with Gasteiger partial charge in [-0.25, -0.2) is 9.79 Å². The van der Waals surface area contributed by atoms with Crippen LogP contribution in [0, 0.1) is 0 Å². The number of nitrogens with zero attached hydrogens (tertiary/aromatic N) is 2. The smallest absolute Gasteiger partial charge is 0.407 e. The summed E-state index contributed by atoms with van der Waals surface area (Å²) in [4.78, 5) is 41.3. The molecule has 0 heterocycles. The minimum Gasteiger partial charge on any atom is -0.449 e. The topological polar surface area (TPSA) is 168 Å². The fourth-order valence-corrected chi connectivity index (χ4v) is 9.15. The molecule has 43 heavy (non-hydrogen) atoms. The van der Waals surface area contributed by atoms with Crippen LogP contribution in [-0.4, -0.2) is 144 Å². The molecule has 0 aliphatic carbocycles. The van der Waals surface area contributed by atoms with E-state index in [1.807, 2.05) is 0 Å². The van der Waals surface area contributed by atoms with E-state index in [4.69, 9.17) is 24.7 Å². The zero-order chi connectivity index (χ0) is 31.5. The Morgan fingerprint density at radius 1 is 0.744 bits per heavy atom. The zero-order valence-corrected chi connectivity index (χ0v) is 31.1. The van der Waals surface area contributed by atoms with Crippen LogP contribution in [0.25, 0.3) is 0 Å². The van der Waals surface area contributed by atoms with E-state index in [0.29, 0.717) is 65.5 Å². The minimum absolute atomic E-state index is 0.0506. The standard InChI is InChI=1S/C22H42N4O8S9/c27-1-5-35-7-3-32-21(29)25-16-40-20-39-15-24-18-43(31)12-11-37-9-10-42-22(30)26-17-41-19-38-14-23-13-34-33-4-8-36-6-2-28/h13,18,27-28H,1-12,14-17,19-20H2,(H,25,29)(H,26,30). The predicted octanol–water partition coefficient (Wildman–Crippen LogP) is 3.77. The molecule has 0 fully saturated rings. The Bertz CT molecular complexity index is 749. The van der Waals surface area contributed by atoms with Crippen molar-refractivity contribution in [3.63, 3.8) is 0 Å². The number of aliphatic hydroxyl groups is 2. The SMILES string of the molecule is O=C(NCSCSCN=CS(=O)CCSCCSC(=O)NCSCSCN=COOCCSCCO)OCCSCCO. The van der Waals surface area contributed by atoms with Gasteiger partial charge in [0.15, 0.2) is 0 Å². The van der Waals surface area contributed by atoms with Gasteiger partial charge in [-0.1, -0.05) is 11.8 Å². The number of hydrogen-bond donors (Lipinski definition) is 4. The van der Waals surface area contributed by atoms with E-state index in [0.717, 1.165) is 27.4 Å². The first kappa shape index (κ1) is 43.7. The van der Waals surface area contributed by atoms with E-state index < -0.39 is 16.9 Å². The van der Waals surface area contributed by atoms with Gasteiger partial charge in [-0.05, 0) is 0 Å². The molecular formula is C22H42N4O8S9. The van der Waals surface area contributed by atoms with Crippen LogP contribution in [0.4, 0.5) is 9.59 Å². The normalized spacial score (nSPS) is 12.1. The summed E-state index contributed by atoms with van der Waals surface area (Å²) < 4.78 is 17.0. The van der Waals surface area contributed by atoms with Crippen LogP contribution in [0.3, 0.4) is 0 Å². The highest BCUT2D eigenvalue weighted by Gasteiger charge is 2.03. The molecule has 0 rings (SSSR count). The van der Waals surface area contributed by atoms with Crippen molar-refractivity contribution in [3.05, 3.63) is 0 Å². The molecule has 1 atom stereocenters. The highest BCUT2D eigenvalue weighted by Crippen LogP contribution is 2.13. The molecule has 252 valence electrons. The molecule has 2 amide bonds. The lowest BCUT2D eigenvalue weighted by Crippen LogP contribution is -2.24. The van der Waals surface area contributed by atoms with E-state index in [1.54, 1.807) is 58.8 Å². The largest absolute Gasteiger partial charge is 0.449 e. The Hall–Kier alpha value is 0.710. The molecule has 0 saturated heterocycles. The number of aliphatic imine (C=N–C) groups is 2. The van der Waals surface area contributed by atoms with Crippen molar-refractivity contribution in [3.8, 4) is 0 Å². The van der Waals surface area contributed by atoms with Gasteiger partial charge in [0.2, 0.25) is 6.40 Å². The van der Waals surface area contributed by atoms with Gasteiger partial charge in [-0.3, -0.25) is 14.0 Å². The van der Waals surface area contributed by atoms with E-state index in [-0.39, 0.29) is 18.5 Å². The third-order valence-electron chi connectivity index (χ3n) is 3.81. The zero-order valence-electron chi connectivity index (χ0n) is 23.8. The van der Waals surface area contributed by atoms with Gasteiger partial charge in [0.1, 0.15) is 13.2 Å². The number of aliphatic hydroxyl groups excluding tert-OH is 2. The van der Waals surface area contributed by atoms with Crippen molar-refractivity contribution in [1.29, 1.82) is 0 Å². The van der Waals surface area contributed by atoms with Crippen molar-refractivity contribution >= 4 is 128 Å². The van der Waals surface area contributed by atoms with Gasteiger partial charge in [0.05, 0.1) is 53.1 Å². The second-order valence-corrected chi connectivity index (χ2v) is 17.8. The lowest BCUT2D eigenvalue weighted by molar-refractivity contribution is -0.210. The molecule has 4 N–H and O–H groups in total. The number of ether oxygens (including phenoxy) is 1. The molecule has 0 aromatic carbocycles. The van der Waals surface area contributed by atoms with E-state index in [9.17, 15) is 13.8 Å². The number of thioether (sulfide) groups is 8. The summed E-state index contributed by atoms with van der Waals surface area (Å²) in [5, 5.41) is 24.3. The number of amides is 2. The molecule has 0 aromatic rings. The van der Waals surface area contributed by atoms with Crippen molar-refractivity contribution < 1.29 is 38.5 Å². The number of alkyl carbamates (subject to hydrolysis) is 1. The summed E-state index contributed by atoms with van der Waals surface area (Å²) in [6, 6.07) is 0. The molecule has 0 aliphatic rings. The summed E-state index contributed by atoms with van der Waals surface area (Å²) in [5.41, 5.74) is 1.48. The fraction of sp³-hybridized carbons (Fsp3) is 0.818. The average Bonchev–Trinajstić information content (AvgIpc) is 3.00. The maximum Gasteiger partial charge on any atom is 0.407 e. The third kappa shape index (κ3) is 37.0. The van der Waals surface area contributed by atoms with Crippen molar-refractivity contribution in [2.75, 3.05) is 106 Å². The van der Waals surface area contributed by atoms with Gasteiger partial charge in [-0.15, -0.1) is 47.0 Å².